The highest BCUT2D eigenvalue weighted by atomic mass is 16.2. The Labute approximate surface area is 113 Å². The van der Waals surface area contributed by atoms with Gasteiger partial charge in [0.15, 0.2) is 0 Å². The lowest BCUT2D eigenvalue weighted by Crippen LogP contribution is -2.41. The number of urea groups is 1. The molecule has 1 aromatic rings. The van der Waals surface area contributed by atoms with Crippen LogP contribution >= 0.6 is 0 Å². The van der Waals surface area contributed by atoms with Crippen molar-refractivity contribution in [2.75, 3.05) is 6.54 Å². The monoisotopic (exact) mass is 257 g/mol. The Hall–Kier alpha value is -2.10. The Morgan fingerprint density at radius 3 is 2.79 bits per heavy atom. The molecular formula is C15H19N3O. The van der Waals surface area contributed by atoms with Gasteiger partial charge in [-0.15, -0.1) is 6.58 Å². The summed E-state index contributed by atoms with van der Waals surface area (Å²) in [6.07, 6.45) is 2.48. The van der Waals surface area contributed by atoms with Gasteiger partial charge in [-0.25, -0.2) is 4.79 Å². The average molecular weight is 257 g/mol. The van der Waals surface area contributed by atoms with E-state index < -0.39 is 0 Å². The summed E-state index contributed by atoms with van der Waals surface area (Å²) < 4.78 is 0. The minimum atomic E-state index is -0.261. The molecule has 2 amide bonds. The minimum Gasteiger partial charge on any atom is -0.385 e. The molecule has 4 nitrogen and oxygen atoms in total. The summed E-state index contributed by atoms with van der Waals surface area (Å²) in [6.45, 7) is 6.29. The molecule has 1 aromatic carbocycles. The molecule has 4 heteroatoms. The van der Waals surface area contributed by atoms with E-state index in [1.165, 1.54) is 5.56 Å². The van der Waals surface area contributed by atoms with Gasteiger partial charge in [0.2, 0.25) is 0 Å². The normalized spacial score (nSPS) is 20.3. The molecule has 0 saturated carbocycles. The fraction of sp³-hybridized carbons (Fsp3) is 0.333. The number of amidine groups is 1. The molecule has 0 aromatic heterocycles. The molecule has 0 spiro atoms. The van der Waals surface area contributed by atoms with Gasteiger partial charge in [0.05, 0.1) is 6.04 Å². The summed E-state index contributed by atoms with van der Waals surface area (Å²) in [5.74, 6) is 0.729. The molecule has 2 atom stereocenters. The predicted molar refractivity (Wildman–Crippen MR) is 77.2 cm³/mol. The largest absolute Gasteiger partial charge is 0.385 e. The van der Waals surface area contributed by atoms with Gasteiger partial charge in [0.25, 0.3) is 0 Å². The molecule has 1 aliphatic heterocycles. The second-order valence-corrected chi connectivity index (χ2v) is 4.82. The van der Waals surface area contributed by atoms with Gasteiger partial charge >= 0.3 is 6.03 Å². The Morgan fingerprint density at radius 1 is 1.47 bits per heavy atom. The number of amides is 2. The average Bonchev–Trinajstić information content (AvgIpc) is 2.67. The summed E-state index contributed by atoms with van der Waals surface area (Å²) in [5, 5.41) is 0. The second-order valence-electron chi connectivity index (χ2n) is 4.82. The Kier molecular flexibility index (Phi) is 4.00. The van der Waals surface area contributed by atoms with Crippen molar-refractivity contribution in [3.05, 3.63) is 48.6 Å². The SMILES string of the molecule is C=CCN1C(=O)N=C(N)C1CC(C)c1ccccc1. The van der Waals surface area contributed by atoms with E-state index in [-0.39, 0.29) is 12.1 Å². The van der Waals surface area contributed by atoms with E-state index in [9.17, 15) is 4.79 Å². The van der Waals surface area contributed by atoms with E-state index in [0.717, 1.165) is 6.42 Å². The van der Waals surface area contributed by atoms with Crippen LogP contribution in [0.3, 0.4) is 0 Å². The molecule has 0 fully saturated rings. The van der Waals surface area contributed by atoms with Crippen LogP contribution in [0, 0.1) is 0 Å². The quantitative estimate of drug-likeness (QED) is 0.824. The van der Waals surface area contributed by atoms with Crippen LogP contribution in [0.15, 0.2) is 48.0 Å². The summed E-state index contributed by atoms with van der Waals surface area (Å²) in [6, 6.07) is 9.83. The summed E-state index contributed by atoms with van der Waals surface area (Å²) >= 11 is 0. The summed E-state index contributed by atoms with van der Waals surface area (Å²) in [4.78, 5) is 17.2. The lowest BCUT2D eigenvalue weighted by atomic mass is 9.93. The zero-order valence-electron chi connectivity index (χ0n) is 11.1. The lowest BCUT2D eigenvalue weighted by Gasteiger charge is -2.25. The number of carbonyl (C=O) groups excluding carboxylic acids is 1. The highest BCUT2D eigenvalue weighted by molar-refractivity contribution is 6.02. The highest BCUT2D eigenvalue weighted by Crippen LogP contribution is 2.25. The Balaban J connectivity index is 2.11. The number of hydrogen-bond acceptors (Lipinski definition) is 2. The molecule has 100 valence electrons. The van der Waals surface area contributed by atoms with Gasteiger partial charge in [-0.2, -0.15) is 4.99 Å². The molecule has 1 aliphatic rings. The van der Waals surface area contributed by atoms with Crippen LogP contribution in [0.4, 0.5) is 4.79 Å². The van der Waals surface area contributed by atoms with Crippen LogP contribution in [0.2, 0.25) is 0 Å². The third-order valence-electron chi connectivity index (χ3n) is 3.46. The van der Waals surface area contributed by atoms with Crippen LogP contribution in [0.1, 0.15) is 24.8 Å². The van der Waals surface area contributed by atoms with Crippen molar-refractivity contribution in [1.29, 1.82) is 0 Å². The minimum absolute atomic E-state index is 0.124. The number of aliphatic imine (C=N–C) groups is 1. The molecule has 0 saturated heterocycles. The maximum atomic E-state index is 11.7. The fourth-order valence-corrected chi connectivity index (χ4v) is 2.39. The van der Waals surface area contributed by atoms with Gasteiger partial charge in [-0.05, 0) is 17.9 Å². The smallest absolute Gasteiger partial charge is 0.346 e. The molecule has 2 rings (SSSR count). The predicted octanol–water partition coefficient (Wildman–Crippen LogP) is 2.53. The Morgan fingerprint density at radius 2 is 2.16 bits per heavy atom. The van der Waals surface area contributed by atoms with Gasteiger partial charge < -0.3 is 10.6 Å². The number of benzene rings is 1. The van der Waals surface area contributed by atoms with Gasteiger partial charge in [0.1, 0.15) is 5.84 Å². The number of nitrogens with zero attached hydrogens (tertiary/aromatic N) is 2. The van der Waals surface area contributed by atoms with Crippen molar-refractivity contribution in [3.8, 4) is 0 Å². The van der Waals surface area contributed by atoms with E-state index in [1.807, 2.05) is 18.2 Å². The van der Waals surface area contributed by atoms with Crippen molar-refractivity contribution in [2.24, 2.45) is 10.7 Å². The molecule has 0 bridgehead atoms. The fourth-order valence-electron chi connectivity index (χ4n) is 2.39. The third kappa shape index (κ3) is 2.84. The first-order valence-corrected chi connectivity index (χ1v) is 6.44. The van der Waals surface area contributed by atoms with Crippen LogP contribution < -0.4 is 5.73 Å². The van der Waals surface area contributed by atoms with E-state index in [1.54, 1.807) is 11.0 Å². The van der Waals surface area contributed by atoms with Crippen LogP contribution in [0.5, 0.6) is 0 Å². The van der Waals surface area contributed by atoms with Gasteiger partial charge in [-0.3, -0.25) is 0 Å². The number of rotatable bonds is 5. The van der Waals surface area contributed by atoms with E-state index in [4.69, 9.17) is 5.73 Å². The molecule has 19 heavy (non-hydrogen) atoms. The van der Waals surface area contributed by atoms with Crippen molar-refractivity contribution in [2.45, 2.75) is 25.3 Å². The van der Waals surface area contributed by atoms with Crippen molar-refractivity contribution in [1.82, 2.24) is 4.90 Å². The first kappa shape index (κ1) is 13.3. The van der Waals surface area contributed by atoms with E-state index >= 15 is 0 Å². The third-order valence-corrected chi connectivity index (χ3v) is 3.46. The molecule has 0 radical (unpaired) electrons. The molecule has 0 aliphatic carbocycles. The zero-order chi connectivity index (χ0) is 13.8. The number of nitrogens with two attached hydrogens (primary N) is 1. The lowest BCUT2D eigenvalue weighted by molar-refractivity contribution is 0.209. The van der Waals surface area contributed by atoms with Gasteiger partial charge in [0, 0.05) is 6.54 Å². The summed E-state index contributed by atoms with van der Waals surface area (Å²) in [5.41, 5.74) is 7.11. The first-order chi connectivity index (χ1) is 9.13. The van der Waals surface area contributed by atoms with Crippen LogP contribution in [-0.2, 0) is 0 Å². The zero-order valence-corrected chi connectivity index (χ0v) is 11.1. The number of hydrogen-bond donors (Lipinski definition) is 1. The van der Waals surface area contributed by atoms with Crippen LogP contribution in [-0.4, -0.2) is 29.4 Å². The van der Waals surface area contributed by atoms with E-state index in [2.05, 4.69) is 30.6 Å². The standard InChI is InChI=1S/C15H19N3O/c1-3-9-18-13(14(16)17-15(18)19)10-11(2)12-7-5-4-6-8-12/h3-8,11,13H,1,9-10H2,2H3,(H2,16,17,19). The highest BCUT2D eigenvalue weighted by Gasteiger charge is 2.33. The van der Waals surface area contributed by atoms with E-state index in [0.29, 0.717) is 18.3 Å². The van der Waals surface area contributed by atoms with Crippen molar-refractivity contribution in [3.63, 3.8) is 0 Å². The van der Waals surface area contributed by atoms with Crippen molar-refractivity contribution < 1.29 is 4.79 Å². The number of carbonyl (C=O) groups is 1. The molecule has 2 unspecified atom stereocenters. The Bertz CT molecular complexity index is 495. The topological polar surface area (TPSA) is 58.7 Å². The molecule has 2 N–H and O–H groups in total. The van der Waals surface area contributed by atoms with Gasteiger partial charge in [-0.1, -0.05) is 43.3 Å². The molecule has 1 heterocycles. The second kappa shape index (κ2) is 5.69. The first-order valence-electron chi connectivity index (χ1n) is 6.44. The van der Waals surface area contributed by atoms with Crippen LogP contribution in [0.25, 0.3) is 0 Å². The maximum absolute atomic E-state index is 11.7. The van der Waals surface area contributed by atoms with Crippen molar-refractivity contribution >= 4 is 11.9 Å². The maximum Gasteiger partial charge on any atom is 0.346 e. The summed E-state index contributed by atoms with van der Waals surface area (Å²) in [7, 11) is 0. The molecular weight excluding hydrogens is 238 g/mol.